The topological polar surface area (TPSA) is 47.3 Å². The van der Waals surface area contributed by atoms with E-state index in [0.29, 0.717) is 19.3 Å². The maximum Gasteiger partial charge on any atom is 0.168 e. The SMILES string of the molecule is Cc1nc(SCCOCCO)n(C2CCCCC2)c1C. The van der Waals surface area contributed by atoms with Gasteiger partial charge in [0, 0.05) is 17.5 Å². The first-order valence-corrected chi connectivity index (χ1v) is 8.59. The standard InChI is InChI=1S/C15H26N2O2S/c1-12-13(2)17(14-6-4-3-5-7-14)15(16-12)20-11-10-19-9-8-18/h14,18H,3-11H2,1-2H3. The number of ether oxygens (including phenoxy) is 1. The van der Waals surface area contributed by atoms with E-state index in [9.17, 15) is 0 Å². The minimum absolute atomic E-state index is 0.0968. The number of thioether (sulfide) groups is 1. The van der Waals surface area contributed by atoms with Crippen molar-refractivity contribution in [3.63, 3.8) is 0 Å². The molecular formula is C15H26N2O2S. The Labute approximate surface area is 125 Å². The van der Waals surface area contributed by atoms with E-state index < -0.39 is 0 Å². The second kappa shape index (κ2) is 8.05. The molecule has 1 N–H and O–H groups in total. The molecule has 20 heavy (non-hydrogen) atoms. The lowest BCUT2D eigenvalue weighted by atomic mass is 9.95. The molecule has 2 rings (SSSR count). The van der Waals surface area contributed by atoms with E-state index in [1.54, 1.807) is 11.8 Å². The Hall–Kier alpha value is -0.520. The van der Waals surface area contributed by atoms with Gasteiger partial charge in [-0.15, -0.1) is 0 Å². The van der Waals surface area contributed by atoms with Crippen LogP contribution < -0.4 is 0 Å². The molecule has 0 bridgehead atoms. The van der Waals surface area contributed by atoms with Crippen LogP contribution >= 0.6 is 11.8 Å². The molecule has 0 spiro atoms. The Morgan fingerprint density at radius 3 is 2.70 bits per heavy atom. The third-order valence-electron chi connectivity index (χ3n) is 3.99. The van der Waals surface area contributed by atoms with E-state index in [0.717, 1.165) is 16.6 Å². The number of aryl methyl sites for hydroxylation is 1. The van der Waals surface area contributed by atoms with Crippen LogP contribution in [0.3, 0.4) is 0 Å². The van der Waals surface area contributed by atoms with E-state index >= 15 is 0 Å². The van der Waals surface area contributed by atoms with E-state index in [2.05, 4.69) is 18.4 Å². The van der Waals surface area contributed by atoms with E-state index in [-0.39, 0.29) is 6.61 Å². The lowest BCUT2D eigenvalue weighted by Gasteiger charge is -2.26. The molecule has 0 aromatic carbocycles. The predicted molar refractivity (Wildman–Crippen MR) is 82.5 cm³/mol. The van der Waals surface area contributed by atoms with Gasteiger partial charge in [-0.05, 0) is 26.7 Å². The van der Waals surface area contributed by atoms with Gasteiger partial charge < -0.3 is 14.4 Å². The third-order valence-corrected chi connectivity index (χ3v) is 4.91. The molecule has 0 atom stereocenters. The van der Waals surface area contributed by atoms with Gasteiger partial charge >= 0.3 is 0 Å². The Morgan fingerprint density at radius 2 is 2.00 bits per heavy atom. The van der Waals surface area contributed by atoms with Crippen molar-refractivity contribution >= 4 is 11.8 Å². The Kier molecular flexibility index (Phi) is 6.39. The Morgan fingerprint density at radius 1 is 1.25 bits per heavy atom. The molecule has 1 aliphatic carbocycles. The normalized spacial score (nSPS) is 16.8. The van der Waals surface area contributed by atoms with Gasteiger partial charge in [-0.25, -0.2) is 4.98 Å². The number of nitrogens with zero attached hydrogens (tertiary/aromatic N) is 2. The van der Waals surface area contributed by atoms with E-state index in [4.69, 9.17) is 14.8 Å². The van der Waals surface area contributed by atoms with E-state index in [1.807, 2.05) is 0 Å². The monoisotopic (exact) mass is 298 g/mol. The summed E-state index contributed by atoms with van der Waals surface area (Å²) in [6.07, 6.45) is 6.62. The van der Waals surface area contributed by atoms with Gasteiger partial charge in [-0.2, -0.15) is 0 Å². The van der Waals surface area contributed by atoms with Crippen LogP contribution in [0.15, 0.2) is 5.16 Å². The fourth-order valence-electron chi connectivity index (χ4n) is 2.83. The van der Waals surface area contributed by atoms with E-state index in [1.165, 1.54) is 37.8 Å². The minimum Gasteiger partial charge on any atom is -0.394 e. The van der Waals surface area contributed by atoms with Gasteiger partial charge in [0.25, 0.3) is 0 Å². The van der Waals surface area contributed by atoms with Crippen LogP contribution in [0, 0.1) is 13.8 Å². The van der Waals surface area contributed by atoms with Gasteiger partial charge in [-0.3, -0.25) is 0 Å². The zero-order chi connectivity index (χ0) is 14.4. The highest BCUT2D eigenvalue weighted by atomic mass is 32.2. The van der Waals surface area contributed by atoms with Crippen LogP contribution in [0.1, 0.15) is 49.5 Å². The first-order chi connectivity index (χ1) is 9.74. The summed E-state index contributed by atoms with van der Waals surface area (Å²) in [6.45, 7) is 5.47. The van der Waals surface area contributed by atoms with Crippen LogP contribution in [-0.4, -0.2) is 40.2 Å². The maximum absolute atomic E-state index is 8.69. The summed E-state index contributed by atoms with van der Waals surface area (Å²) in [5.74, 6) is 0.891. The molecule has 1 aliphatic rings. The van der Waals surface area contributed by atoms with Gasteiger partial charge in [0.15, 0.2) is 5.16 Å². The number of rotatable bonds is 7. The number of aromatic nitrogens is 2. The van der Waals surface area contributed by atoms with Crippen molar-refractivity contribution in [3.05, 3.63) is 11.4 Å². The Balaban J connectivity index is 1.98. The minimum atomic E-state index is 0.0968. The van der Waals surface area contributed by atoms with Crippen molar-refractivity contribution < 1.29 is 9.84 Å². The second-order valence-corrected chi connectivity index (χ2v) is 6.47. The quantitative estimate of drug-likeness (QED) is 0.620. The van der Waals surface area contributed by atoms with Crippen molar-refractivity contribution in [2.24, 2.45) is 0 Å². The summed E-state index contributed by atoms with van der Waals surface area (Å²) in [7, 11) is 0. The van der Waals surface area contributed by atoms with Crippen LogP contribution in [0.25, 0.3) is 0 Å². The number of imidazole rings is 1. The summed E-state index contributed by atoms with van der Waals surface area (Å²) in [4.78, 5) is 4.72. The molecule has 1 fully saturated rings. The van der Waals surface area contributed by atoms with Crippen molar-refractivity contribution in [2.75, 3.05) is 25.6 Å². The molecule has 0 saturated heterocycles. The number of hydrogen-bond acceptors (Lipinski definition) is 4. The predicted octanol–water partition coefficient (Wildman–Crippen LogP) is 3.11. The highest BCUT2D eigenvalue weighted by Crippen LogP contribution is 2.34. The van der Waals surface area contributed by atoms with Crippen LogP contribution in [-0.2, 0) is 4.74 Å². The Bertz CT molecular complexity index is 414. The van der Waals surface area contributed by atoms with Gasteiger partial charge in [0.2, 0.25) is 0 Å². The largest absolute Gasteiger partial charge is 0.394 e. The highest BCUT2D eigenvalue weighted by molar-refractivity contribution is 7.99. The van der Waals surface area contributed by atoms with Gasteiger partial charge in [0.1, 0.15) is 0 Å². The summed E-state index contributed by atoms with van der Waals surface area (Å²) < 4.78 is 7.77. The first kappa shape index (κ1) is 15.9. The number of aliphatic hydroxyl groups is 1. The molecule has 1 heterocycles. The zero-order valence-electron chi connectivity index (χ0n) is 12.6. The maximum atomic E-state index is 8.69. The van der Waals surface area contributed by atoms with Crippen molar-refractivity contribution in [1.29, 1.82) is 0 Å². The van der Waals surface area contributed by atoms with Crippen molar-refractivity contribution in [2.45, 2.75) is 57.1 Å². The summed E-state index contributed by atoms with van der Waals surface area (Å²) in [5, 5.41) is 9.83. The lowest BCUT2D eigenvalue weighted by molar-refractivity contribution is 0.103. The fraction of sp³-hybridized carbons (Fsp3) is 0.800. The zero-order valence-corrected chi connectivity index (χ0v) is 13.4. The first-order valence-electron chi connectivity index (χ1n) is 7.61. The summed E-state index contributed by atoms with van der Waals surface area (Å²) in [5.41, 5.74) is 2.46. The van der Waals surface area contributed by atoms with Crippen molar-refractivity contribution in [3.8, 4) is 0 Å². The van der Waals surface area contributed by atoms with Gasteiger partial charge in [-0.1, -0.05) is 31.0 Å². The molecular weight excluding hydrogens is 272 g/mol. The number of hydrogen-bond donors (Lipinski definition) is 1. The van der Waals surface area contributed by atoms with Crippen LogP contribution in [0.5, 0.6) is 0 Å². The molecule has 4 nitrogen and oxygen atoms in total. The fourth-order valence-corrected chi connectivity index (χ4v) is 3.84. The lowest BCUT2D eigenvalue weighted by Crippen LogP contribution is -2.15. The molecule has 1 aromatic rings. The van der Waals surface area contributed by atoms with Crippen LogP contribution in [0.2, 0.25) is 0 Å². The summed E-state index contributed by atoms with van der Waals surface area (Å²) >= 11 is 1.77. The molecule has 0 amide bonds. The van der Waals surface area contributed by atoms with Crippen molar-refractivity contribution in [1.82, 2.24) is 9.55 Å². The molecule has 114 valence electrons. The molecule has 0 unspecified atom stereocenters. The second-order valence-electron chi connectivity index (χ2n) is 5.41. The highest BCUT2D eigenvalue weighted by Gasteiger charge is 2.21. The molecule has 0 radical (unpaired) electrons. The van der Waals surface area contributed by atoms with Crippen LogP contribution in [0.4, 0.5) is 0 Å². The average Bonchev–Trinajstić information content (AvgIpc) is 2.75. The molecule has 1 saturated carbocycles. The van der Waals surface area contributed by atoms with Gasteiger partial charge in [0.05, 0.1) is 25.5 Å². The molecule has 1 aromatic heterocycles. The smallest absolute Gasteiger partial charge is 0.168 e. The molecule has 0 aliphatic heterocycles. The third kappa shape index (κ3) is 3.99. The number of aliphatic hydroxyl groups excluding tert-OH is 1. The molecule has 5 heteroatoms. The average molecular weight is 298 g/mol. The summed E-state index contributed by atoms with van der Waals surface area (Å²) in [6, 6.07) is 0.630.